The van der Waals surface area contributed by atoms with Gasteiger partial charge in [-0.2, -0.15) is 0 Å². The summed E-state index contributed by atoms with van der Waals surface area (Å²) in [5.74, 6) is 1.25. The number of anilines is 1. The van der Waals surface area contributed by atoms with E-state index in [4.69, 9.17) is 8.83 Å². The van der Waals surface area contributed by atoms with E-state index in [2.05, 4.69) is 26.2 Å². The smallest absolute Gasteiger partial charge is 0.226 e. The van der Waals surface area contributed by atoms with Crippen LogP contribution in [0.5, 0.6) is 0 Å². The van der Waals surface area contributed by atoms with Crippen molar-refractivity contribution in [2.24, 2.45) is 0 Å². The van der Waals surface area contributed by atoms with Crippen LogP contribution in [0.15, 0.2) is 45.6 Å². The standard InChI is InChI=1S/C14H11BrN2O3S/c15-6-5-11(18)16-14-17-12(9-3-1-7-19-9)13(21-14)10-4-2-8-20-10/h1-4,7-8H,5-6H2,(H,16,17,18). The van der Waals surface area contributed by atoms with Gasteiger partial charge in [-0.25, -0.2) is 4.98 Å². The second-order valence-corrected chi connectivity index (χ2v) is 5.93. The van der Waals surface area contributed by atoms with Crippen LogP contribution < -0.4 is 5.32 Å². The minimum Gasteiger partial charge on any atom is -0.463 e. The molecule has 1 amide bonds. The first-order valence-electron chi connectivity index (χ1n) is 6.22. The second-order valence-electron chi connectivity index (χ2n) is 4.14. The molecule has 3 heterocycles. The molecule has 5 nitrogen and oxygen atoms in total. The van der Waals surface area contributed by atoms with Gasteiger partial charge in [0.05, 0.1) is 12.5 Å². The van der Waals surface area contributed by atoms with E-state index in [1.807, 2.05) is 18.2 Å². The van der Waals surface area contributed by atoms with E-state index in [0.29, 0.717) is 34.1 Å². The van der Waals surface area contributed by atoms with Crippen LogP contribution in [0.3, 0.4) is 0 Å². The normalized spacial score (nSPS) is 10.7. The van der Waals surface area contributed by atoms with Gasteiger partial charge < -0.3 is 14.2 Å². The topological polar surface area (TPSA) is 68.3 Å². The van der Waals surface area contributed by atoms with Crippen LogP contribution in [0.4, 0.5) is 5.13 Å². The number of rotatable bonds is 5. The molecule has 0 saturated carbocycles. The first kappa shape index (κ1) is 14.1. The third-order valence-electron chi connectivity index (χ3n) is 2.69. The van der Waals surface area contributed by atoms with Gasteiger partial charge in [0.2, 0.25) is 5.91 Å². The number of nitrogens with one attached hydrogen (secondary N) is 1. The molecule has 0 fully saturated rings. The average molecular weight is 367 g/mol. The zero-order valence-corrected chi connectivity index (χ0v) is 13.2. The number of aromatic nitrogens is 1. The van der Waals surface area contributed by atoms with Gasteiger partial charge in [-0.15, -0.1) is 0 Å². The average Bonchev–Trinajstić information content (AvgIpc) is 3.20. The van der Waals surface area contributed by atoms with E-state index in [0.717, 1.165) is 4.88 Å². The Morgan fingerprint density at radius 1 is 1.24 bits per heavy atom. The summed E-state index contributed by atoms with van der Waals surface area (Å²) in [5, 5.41) is 3.92. The molecule has 0 aliphatic carbocycles. The highest BCUT2D eigenvalue weighted by Gasteiger charge is 2.19. The summed E-state index contributed by atoms with van der Waals surface area (Å²) in [6.45, 7) is 0. The van der Waals surface area contributed by atoms with Gasteiger partial charge in [0.1, 0.15) is 16.3 Å². The Bertz CT molecular complexity index is 668. The molecular weight excluding hydrogens is 356 g/mol. The Morgan fingerprint density at radius 2 is 1.95 bits per heavy atom. The van der Waals surface area contributed by atoms with Gasteiger partial charge in [0.15, 0.2) is 10.9 Å². The van der Waals surface area contributed by atoms with Crippen LogP contribution in [0, 0.1) is 0 Å². The lowest BCUT2D eigenvalue weighted by atomic mass is 10.2. The molecule has 0 spiro atoms. The van der Waals surface area contributed by atoms with E-state index >= 15 is 0 Å². The fourth-order valence-corrected chi connectivity index (χ4v) is 3.11. The molecule has 7 heteroatoms. The monoisotopic (exact) mass is 366 g/mol. The first-order valence-corrected chi connectivity index (χ1v) is 8.16. The highest BCUT2D eigenvalue weighted by Crippen LogP contribution is 2.39. The van der Waals surface area contributed by atoms with Crippen molar-refractivity contribution in [3.8, 4) is 22.1 Å². The summed E-state index contributed by atoms with van der Waals surface area (Å²) in [4.78, 5) is 17.0. The van der Waals surface area contributed by atoms with Crippen LogP contribution in [0.25, 0.3) is 22.1 Å². The summed E-state index contributed by atoms with van der Waals surface area (Å²) in [5.41, 5.74) is 0.661. The predicted octanol–water partition coefficient (Wildman–Crippen LogP) is 4.39. The summed E-state index contributed by atoms with van der Waals surface area (Å²) in [6.07, 6.45) is 3.58. The van der Waals surface area contributed by atoms with Crippen molar-refractivity contribution in [1.82, 2.24) is 4.98 Å². The Balaban J connectivity index is 1.98. The van der Waals surface area contributed by atoms with Gasteiger partial charge in [0, 0.05) is 11.8 Å². The molecule has 0 saturated heterocycles. The Labute approximate surface area is 133 Å². The van der Waals surface area contributed by atoms with Crippen molar-refractivity contribution in [2.75, 3.05) is 10.6 Å². The maximum absolute atomic E-state index is 11.7. The van der Waals surface area contributed by atoms with Crippen LogP contribution in [0.1, 0.15) is 6.42 Å². The van der Waals surface area contributed by atoms with E-state index < -0.39 is 0 Å². The van der Waals surface area contributed by atoms with E-state index in [9.17, 15) is 4.79 Å². The quantitative estimate of drug-likeness (QED) is 0.680. The lowest BCUT2D eigenvalue weighted by Gasteiger charge is -1.97. The molecule has 0 aliphatic rings. The zero-order chi connectivity index (χ0) is 14.7. The van der Waals surface area contributed by atoms with Gasteiger partial charge in [0.25, 0.3) is 0 Å². The predicted molar refractivity (Wildman–Crippen MR) is 84.6 cm³/mol. The number of furan rings is 2. The maximum atomic E-state index is 11.7. The Kier molecular flexibility index (Phi) is 4.21. The molecule has 3 aromatic rings. The molecule has 3 rings (SSSR count). The Hall–Kier alpha value is -1.86. The fraction of sp³-hybridized carbons (Fsp3) is 0.143. The van der Waals surface area contributed by atoms with Crippen LogP contribution in [0.2, 0.25) is 0 Å². The molecule has 0 bridgehead atoms. The largest absolute Gasteiger partial charge is 0.463 e. The van der Waals surface area contributed by atoms with Crippen molar-refractivity contribution in [3.63, 3.8) is 0 Å². The first-order chi connectivity index (χ1) is 10.3. The number of hydrogen-bond acceptors (Lipinski definition) is 5. The van der Waals surface area contributed by atoms with Gasteiger partial charge >= 0.3 is 0 Å². The molecule has 1 N–H and O–H groups in total. The van der Waals surface area contributed by atoms with E-state index in [1.165, 1.54) is 11.3 Å². The van der Waals surface area contributed by atoms with E-state index in [-0.39, 0.29) is 5.91 Å². The highest BCUT2D eigenvalue weighted by atomic mass is 79.9. The van der Waals surface area contributed by atoms with Crippen molar-refractivity contribution in [3.05, 3.63) is 36.8 Å². The molecule has 108 valence electrons. The third kappa shape index (κ3) is 3.08. The van der Waals surface area contributed by atoms with Gasteiger partial charge in [-0.3, -0.25) is 4.79 Å². The van der Waals surface area contributed by atoms with Crippen molar-refractivity contribution < 1.29 is 13.6 Å². The summed E-state index contributed by atoms with van der Waals surface area (Å²) in [7, 11) is 0. The van der Waals surface area contributed by atoms with Gasteiger partial charge in [-0.05, 0) is 24.3 Å². The molecule has 0 atom stereocenters. The number of carbonyl (C=O) groups excluding carboxylic acids is 1. The molecule has 3 aromatic heterocycles. The zero-order valence-electron chi connectivity index (χ0n) is 10.8. The van der Waals surface area contributed by atoms with Crippen molar-refractivity contribution in [1.29, 1.82) is 0 Å². The molecule has 0 unspecified atom stereocenters. The van der Waals surface area contributed by atoms with Crippen molar-refractivity contribution in [2.45, 2.75) is 6.42 Å². The summed E-state index contributed by atoms with van der Waals surface area (Å²) in [6, 6.07) is 7.28. The fourth-order valence-electron chi connectivity index (χ4n) is 1.80. The van der Waals surface area contributed by atoms with Gasteiger partial charge in [-0.1, -0.05) is 27.3 Å². The lowest BCUT2D eigenvalue weighted by molar-refractivity contribution is -0.115. The Morgan fingerprint density at radius 3 is 2.57 bits per heavy atom. The minimum absolute atomic E-state index is 0.0855. The number of nitrogens with zero attached hydrogens (tertiary/aromatic N) is 1. The number of amides is 1. The molecule has 0 aromatic carbocycles. The minimum atomic E-state index is -0.0855. The number of thiazole rings is 1. The SMILES string of the molecule is O=C(CCBr)Nc1nc(-c2ccco2)c(-c2ccco2)s1. The van der Waals surface area contributed by atoms with Crippen LogP contribution >= 0.6 is 27.3 Å². The molecule has 0 aliphatic heterocycles. The lowest BCUT2D eigenvalue weighted by Crippen LogP contribution is -2.11. The molecule has 0 radical (unpaired) electrons. The third-order valence-corrected chi connectivity index (χ3v) is 4.08. The van der Waals surface area contributed by atoms with Crippen LogP contribution in [-0.4, -0.2) is 16.2 Å². The molecule has 21 heavy (non-hydrogen) atoms. The highest BCUT2D eigenvalue weighted by molar-refractivity contribution is 9.09. The summed E-state index contributed by atoms with van der Waals surface area (Å²) >= 11 is 4.60. The van der Waals surface area contributed by atoms with Crippen molar-refractivity contribution >= 4 is 38.3 Å². The van der Waals surface area contributed by atoms with E-state index in [1.54, 1.807) is 18.6 Å². The van der Waals surface area contributed by atoms with Crippen LogP contribution in [-0.2, 0) is 4.79 Å². The molecular formula is C14H11BrN2O3S. The summed E-state index contributed by atoms with van der Waals surface area (Å²) < 4.78 is 10.8. The maximum Gasteiger partial charge on any atom is 0.226 e. The number of halogens is 1. The number of carbonyl (C=O) groups is 1. The number of hydrogen-bond donors (Lipinski definition) is 1. The number of alkyl halides is 1. The second kappa shape index (κ2) is 6.28.